The van der Waals surface area contributed by atoms with Crippen LogP contribution in [0.15, 0.2) is 67.0 Å². The summed E-state index contributed by atoms with van der Waals surface area (Å²) in [7, 11) is -0.296. The Labute approximate surface area is 281 Å². The molecule has 3 aromatic heterocycles. The predicted octanol–water partition coefficient (Wildman–Crippen LogP) is 6.47. The van der Waals surface area contributed by atoms with Crippen molar-refractivity contribution >= 4 is 43.6 Å². The van der Waals surface area contributed by atoms with Gasteiger partial charge in [0.2, 0.25) is 10.0 Å². The first-order chi connectivity index (χ1) is 22.8. The number of nitrogens with zero attached hydrogens (tertiary/aromatic N) is 4. The average molecular weight is 676 g/mol. The first kappa shape index (κ1) is 32.0. The second kappa shape index (κ2) is 13.5. The number of hydrogen-bond donors (Lipinski definition) is 1. The molecule has 0 amide bonds. The van der Waals surface area contributed by atoms with Crippen molar-refractivity contribution in [2.24, 2.45) is 13.0 Å². The van der Waals surface area contributed by atoms with Gasteiger partial charge >= 0.3 is 0 Å². The normalized spacial score (nSPS) is 18.2. The molecule has 0 spiro atoms. The molecule has 47 heavy (non-hydrogen) atoms. The Kier molecular flexibility index (Phi) is 9.20. The van der Waals surface area contributed by atoms with Crippen molar-refractivity contribution in [2.75, 3.05) is 39.9 Å². The van der Waals surface area contributed by atoms with E-state index in [0.717, 1.165) is 48.6 Å². The Balaban J connectivity index is 1.22. The number of hydrogen-bond acceptors (Lipinski definition) is 7. The lowest BCUT2D eigenvalue weighted by Crippen LogP contribution is -2.48. The molecule has 2 aromatic carbocycles. The minimum atomic E-state index is -3.89. The van der Waals surface area contributed by atoms with Crippen LogP contribution < -0.4 is 14.8 Å². The summed E-state index contributed by atoms with van der Waals surface area (Å²) < 4.78 is 43.8. The maximum Gasteiger partial charge on any atom is 0.244 e. The number of aryl methyl sites for hydroxylation is 1. The summed E-state index contributed by atoms with van der Waals surface area (Å²) in [6.45, 7) is 4.79. The second-order valence-electron chi connectivity index (χ2n) is 12.8. The molecular weight excluding hydrogens is 634 g/mol. The average Bonchev–Trinajstić information content (AvgIpc) is 3.64. The number of ether oxygens (including phenoxy) is 2. The number of nitrogens with one attached hydrogen (secondary N) is 1. The van der Waals surface area contributed by atoms with Crippen LogP contribution in [0.3, 0.4) is 0 Å². The zero-order valence-corrected chi connectivity index (χ0v) is 28.6. The maximum absolute atomic E-state index is 14.1. The number of pyridine rings is 1. The second-order valence-corrected chi connectivity index (χ2v) is 15.0. The van der Waals surface area contributed by atoms with Crippen LogP contribution in [0.5, 0.6) is 11.5 Å². The maximum atomic E-state index is 14.1. The molecule has 7 rings (SSSR count). The van der Waals surface area contributed by atoms with Crippen LogP contribution in [0.2, 0.25) is 5.02 Å². The highest BCUT2D eigenvalue weighted by molar-refractivity contribution is 7.89. The molecule has 1 N–H and O–H groups in total. The van der Waals surface area contributed by atoms with Crippen molar-refractivity contribution in [3.05, 3.63) is 77.6 Å². The van der Waals surface area contributed by atoms with Crippen molar-refractivity contribution in [1.29, 1.82) is 0 Å². The van der Waals surface area contributed by atoms with E-state index in [1.54, 1.807) is 13.2 Å². The van der Waals surface area contributed by atoms with Gasteiger partial charge in [-0.1, -0.05) is 48.4 Å². The summed E-state index contributed by atoms with van der Waals surface area (Å²) in [5.74, 6) is 1.84. The third kappa shape index (κ3) is 6.36. The van der Waals surface area contributed by atoms with Crippen molar-refractivity contribution in [3.63, 3.8) is 0 Å². The van der Waals surface area contributed by atoms with Crippen LogP contribution in [0, 0.1) is 5.92 Å². The van der Waals surface area contributed by atoms with Crippen LogP contribution in [0.4, 0.5) is 0 Å². The molecule has 0 bridgehead atoms. The molecule has 5 heterocycles. The minimum Gasteiger partial charge on any atom is -0.493 e. The Bertz CT molecular complexity index is 1990. The number of piperidine rings is 2. The molecule has 2 aliphatic heterocycles. The lowest BCUT2D eigenvalue weighted by molar-refractivity contribution is 0.0707. The Morgan fingerprint density at radius 2 is 1.81 bits per heavy atom. The molecule has 1 unspecified atom stereocenters. The SMILES string of the molecule is COc1cc2c(-c3cc4c(Cl)ccnc4n3S(=O)(=O)Cc3ccccc3)cn(C)c2cc1OCCN1CCCCC1C1CCNCC1. The highest BCUT2D eigenvalue weighted by Gasteiger charge is 2.31. The van der Waals surface area contributed by atoms with E-state index in [1.165, 1.54) is 42.3 Å². The van der Waals surface area contributed by atoms with E-state index in [4.69, 9.17) is 21.1 Å². The van der Waals surface area contributed by atoms with E-state index >= 15 is 0 Å². The molecular formula is C36H42ClN5O4S. The first-order valence-corrected chi connectivity index (χ1v) is 18.5. The lowest BCUT2D eigenvalue weighted by Gasteiger charge is -2.42. The quantitative estimate of drug-likeness (QED) is 0.182. The van der Waals surface area contributed by atoms with Gasteiger partial charge < -0.3 is 19.4 Å². The van der Waals surface area contributed by atoms with Gasteiger partial charge in [0, 0.05) is 54.4 Å². The standard InChI is InChI=1S/C36H42ClN5O4S/c1-40-23-29(33-20-28-30(37)13-16-39-36(28)42(33)47(43,44)24-25-8-4-3-5-9-25)27-21-34(45-2)35(22-32(27)40)46-19-18-41-17-7-6-10-31(41)26-11-14-38-15-12-26/h3-5,8-9,13,16,20-23,26,31,38H,6-7,10-12,14-15,17-19,24H2,1-2H3. The number of aromatic nitrogens is 3. The van der Waals surface area contributed by atoms with Crippen molar-refractivity contribution in [1.82, 2.24) is 23.7 Å². The summed E-state index contributed by atoms with van der Waals surface area (Å²) in [6.07, 6.45) is 9.79. The minimum absolute atomic E-state index is 0.180. The fourth-order valence-electron chi connectivity index (χ4n) is 7.56. The fraction of sp³-hybridized carbons (Fsp3) is 0.417. The van der Waals surface area contributed by atoms with Gasteiger partial charge in [-0.2, -0.15) is 0 Å². The van der Waals surface area contributed by atoms with Crippen LogP contribution in [-0.4, -0.2) is 72.8 Å². The van der Waals surface area contributed by atoms with Crippen LogP contribution in [0.1, 0.15) is 37.7 Å². The van der Waals surface area contributed by atoms with Crippen molar-refractivity contribution < 1.29 is 17.9 Å². The number of methoxy groups -OCH3 is 1. The summed E-state index contributed by atoms with van der Waals surface area (Å²) >= 11 is 6.59. The van der Waals surface area contributed by atoms with Gasteiger partial charge in [0.25, 0.3) is 0 Å². The van der Waals surface area contributed by atoms with Gasteiger partial charge in [-0.3, -0.25) is 4.90 Å². The smallest absolute Gasteiger partial charge is 0.244 e. The zero-order valence-electron chi connectivity index (χ0n) is 27.0. The van der Waals surface area contributed by atoms with Crippen molar-refractivity contribution in [2.45, 2.75) is 43.9 Å². The number of benzene rings is 2. The Morgan fingerprint density at radius 1 is 1.00 bits per heavy atom. The topological polar surface area (TPSA) is 90.6 Å². The van der Waals surface area contributed by atoms with Crippen LogP contribution >= 0.6 is 11.6 Å². The molecule has 2 aliphatic rings. The molecule has 0 radical (unpaired) electrons. The number of fused-ring (bicyclic) bond motifs is 2. The van der Waals surface area contributed by atoms with Crippen LogP contribution in [-0.2, 0) is 22.8 Å². The summed E-state index contributed by atoms with van der Waals surface area (Å²) in [5.41, 5.74) is 3.11. The van der Waals surface area contributed by atoms with E-state index in [2.05, 4.69) is 15.2 Å². The van der Waals surface area contributed by atoms with Gasteiger partial charge in [0.1, 0.15) is 6.61 Å². The van der Waals surface area contributed by atoms with Gasteiger partial charge in [-0.15, -0.1) is 0 Å². The highest BCUT2D eigenvalue weighted by atomic mass is 35.5. The highest BCUT2D eigenvalue weighted by Crippen LogP contribution is 2.41. The van der Waals surface area contributed by atoms with E-state index in [9.17, 15) is 8.42 Å². The molecule has 5 aromatic rings. The summed E-state index contributed by atoms with van der Waals surface area (Å²) in [4.78, 5) is 7.12. The van der Waals surface area contributed by atoms with Crippen LogP contribution in [0.25, 0.3) is 33.2 Å². The lowest BCUT2D eigenvalue weighted by atomic mass is 9.84. The van der Waals surface area contributed by atoms with E-state index in [0.29, 0.717) is 51.5 Å². The van der Waals surface area contributed by atoms with Gasteiger partial charge in [0.15, 0.2) is 17.1 Å². The van der Waals surface area contributed by atoms with Gasteiger partial charge in [0.05, 0.1) is 29.1 Å². The van der Waals surface area contributed by atoms with E-state index < -0.39 is 10.0 Å². The first-order valence-electron chi connectivity index (χ1n) is 16.5. The molecule has 2 saturated heterocycles. The number of rotatable bonds is 10. The van der Waals surface area contributed by atoms with Gasteiger partial charge in [-0.25, -0.2) is 17.4 Å². The zero-order chi connectivity index (χ0) is 32.5. The monoisotopic (exact) mass is 675 g/mol. The molecule has 1 atom stereocenters. The van der Waals surface area contributed by atoms with E-state index in [-0.39, 0.29) is 5.75 Å². The largest absolute Gasteiger partial charge is 0.493 e. The fourth-order valence-corrected chi connectivity index (χ4v) is 9.36. The predicted molar refractivity (Wildman–Crippen MR) is 188 cm³/mol. The Morgan fingerprint density at radius 3 is 2.60 bits per heavy atom. The van der Waals surface area contributed by atoms with Crippen molar-refractivity contribution in [3.8, 4) is 22.8 Å². The molecule has 248 valence electrons. The third-order valence-electron chi connectivity index (χ3n) is 9.86. The summed E-state index contributed by atoms with van der Waals surface area (Å²) in [6, 6.07) is 17.2. The third-order valence-corrected chi connectivity index (χ3v) is 11.8. The molecule has 9 nitrogen and oxygen atoms in total. The molecule has 0 aliphatic carbocycles. The number of halogens is 1. The summed E-state index contributed by atoms with van der Waals surface area (Å²) in [5, 5.41) is 5.36. The van der Waals surface area contributed by atoms with E-state index in [1.807, 2.05) is 66.3 Å². The van der Waals surface area contributed by atoms with Gasteiger partial charge in [-0.05, 0) is 75.0 Å². The molecule has 11 heteroatoms. The Hall–Kier alpha value is -3.57. The molecule has 2 fully saturated rings. The number of likely N-dealkylation sites (tertiary alicyclic amines) is 1. The molecule has 0 saturated carbocycles.